The fourth-order valence-electron chi connectivity index (χ4n) is 0.889. The number of rotatable bonds is 2. The van der Waals surface area contributed by atoms with Crippen LogP contribution in [-0.2, 0) is 0 Å². The lowest BCUT2D eigenvalue weighted by atomic mass is 10.1. The Morgan fingerprint density at radius 2 is 2.23 bits per heavy atom. The molecule has 0 spiro atoms. The van der Waals surface area contributed by atoms with Crippen LogP contribution in [0.25, 0.3) is 0 Å². The molecule has 0 saturated carbocycles. The van der Waals surface area contributed by atoms with Crippen LogP contribution in [0.1, 0.15) is 26.3 Å². The van der Waals surface area contributed by atoms with Crippen molar-refractivity contribution in [3.05, 3.63) is 34.9 Å². The second-order valence-electron chi connectivity index (χ2n) is 2.34. The molecular formula is C9H5NO3. The minimum atomic E-state index is -1.12. The summed E-state index contributed by atoms with van der Waals surface area (Å²) in [5.41, 5.74) is 0.282. The second-order valence-corrected chi connectivity index (χ2v) is 2.34. The molecule has 1 aromatic carbocycles. The van der Waals surface area contributed by atoms with Crippen molar-refractivity contribution in [1.82, 2.24) is 0 Å². The summed E-state index contributed by atoms with van der Waals surface area (Å²) in [6, 6.07) is 5.52. The van der Waals surface area contributed by atoms with Crippen LogP contribution in [0.4, 0.5) is 0 Å². The van der Waals surface area contributed by atoms with E-state index in [0.29, 0.717) is 6.29 Å². The van der Waals surface area contributed by atoms with Crippen LogP contribution >= 0.6 is 0 Å². The summed E-state index contributed by atoms with van der Waals surface area (Å²) in [7, 11) is 0. The molecule has 64 valence electrons. The molecule has 0 aromatic heterocycles. The zero-order valence-electron chi connectivity index (χ0n) is 6.52. The number of hydrogen-bond acceptors (Lipinski definition) is 3. The van der Waals surface area contributed by atoms with Gasteiger partial charge in [0.2, 0.25) is 0 Å². The lowest BCUT2D eigenvalue weighted by Crippen LogP contribution is -1.98. The van der Waals surface area contributed by atoms with Crippen molar-refractivity contribution < 1.29 is 14.7 Å². The molecule has 13 heavy (non-hydrogen) atoms. The van der Waals surface area contributed by atoms with E-state index in [1.165, 1.54) is 18.2 Å². The van der Waals surface area contributed by atoms with Crippen molar-refractivity contribution in [3.63, 3.8) is 0 Å². The summed E-state index contributed by atoms with van der Waals surface area (Å²) in [5.74, 6) is -1.12. The predicted molar refractivity (Wildman–Crippen MR) is 43.5 cm³/mol. The normalized spacial score (nSPS) is 8.85. The third-order valence-electron chi connectivity index (χ3n) is 1.55. The number of aldehydes is 1. The molecule has 1 N–H and O–H groups in total. The van der Waals surface area contributed by atoms with Crippen LogP contribution in [0.3, 0.4) is 0 Å². The Bertz CT molecular complexity index is 404. The van der Waals surface area contributed by atoms with Crippen LogP contribution in [0.5, 0.6) is 0 Å². The zero-order chi connectivity index (χ0) is 9.84. The molecule has 0 amide bonds. The van der Waals surface area contributed by atoms with E-state index in [1.54, 1.807) is 6.07 Å². The SMILES string of the molecule is N#Cc1cc(C(=O)O)ccc1C=O. The van der Waals surface area contributed by atoms with Gasteiger partial charge in [0.25, 0.3) is 0 Å². The highest BCUT2D eigenvalue weighted by molar-refractivity contribution is 5.90. The van der Waals surface area contributed by atoms with Crippen molar-refractivity contribution in [2.75, 3.05) is 0 Å². The van der Waals surface area contributed by atoms with E-state index in [-0.39, 0.29) is 16.7 Å². The third kappa shape index (κ3) is 1.71. The number of aromatic carboxylic acids is 1. The van der Waals surface area contributed by atoms with Crippen LogP contribution in [0, 0.1) is 11.3 Å². The average molecular weight is 175 g/mol. The Morgan fingerprint density at radius 3 is 2.69 bits per heavy atom. The summed E-state index contributed by atoms with van der Waals surface area (Å²) in [4.78, 5) is 20.8. The first-order chi connectivity index (χ1) is 6.19. The highest BCUT2D eigenvalue weighted by Gasteiger charge is 2.06. The predicted octanol–water partition coefficient (Wildman–Crippen LogP) is 1.07. The maximum atomic E-state index is 10.5. The first-order valence-corrected chi connectivity index (χ1v) is 3.41. The number of carbonyl (C=O) groups excluding carboxylic acids is 1. The first-order valence-electron chi connectivity index (χ1n) is 3.41. The quantitative estimate of drug-likeness (QED) is 0.682. The van der Waals surface area contributed by atoms with Gasteiger partial charge in [-0.1, -0.05) is 0 Å². The molecule has 4 heteroatoms. The van der Waals surface area contributed by atoms with Crippen LogP contribution < -0.4 is 0 Å². The molecule has 0 radical (unpaired) electrons. The molecule has 0 bridgehead atoms. The maximum absolute atomic E-state index is 10.5. The van der Waals surface area contributed by atoms with Gasteiger partial charge in [0.15, 0.2) is 6.29 Å². The van der Waals surface area contributed by atoms with Crippen LogP contribution in [0.15, 0.2) is 18.2 Å². The molecule has 0 heterocycles. The van der Waals surface area contributed by atoms with E-state index >= 15 is 0 Å². The summed E-state index contributed by atoms with van der Waals surface area (Å²) >= 11 is 0. The Kier molecular flexibility index (Phi) is 2.41. The Balaban J connectivity index is 3.31. The molecule has 0 unspecified atom stereocenters. The van der Waals surface area contributed by atoms with Gasteiger partial charge in [-0.05, 0) is 18.2 Å². The topological polar surface area (TPSA) is 78.2 Å². The highest BCUT2D eigenvalue weighted by atomic mass is 16.4. The van der Waals surface area contributed by atoms with Crippen molar-refractivity contribution in [1.29, 1.82) is 5.26 Å². The molecule has 0 saturated heterocycles. The number of carboxylic acids is 1. The van der Waals surface area contributed by atoms with Gasteiger partial charge in [-0.25, -0.2) is 4.79 Å². The summed E-state index contributed by atoms with van der Waals surface area (Å²) in [6.07, 6.45) is 0.518. The standard InChI is InChI=1S/C9H5NO3/c10-4-8-3-6(9(12)13)1-2-7(8)5-11/h1-3,5H,(H,12,13). The Labute approximate surface area is 74.0 Å². The molecule has 0 aliphatic heterocycles. The molecule has 0 fully saturated rings. The van der Waals surface area contributed by atoms with Gasteiger partial charge in [0.05, 0.1) is 17.2 Å². The van der Waals surface area contributed by atoms with E-state index in [4.69, 9.17) is 10.4 Å². The van der Waals surface area contributed by atoms with E-state index in [1.807, 2.05) is 0 Å². The maximum Gasteiger partial charge on any atom is 0.335 e. The Morgan fingerprint density at radius 1 is 1.54 bits per heavy atom. The molecule has 0 aliphatic rings. The van der Waals surface area contributed by atoms with E-state index < -0.39 is 5.97 Å². The minimum Gasteiger partial charge on any atom is -0.478 e. The van der Waals surface area contributed by atoms with Gasteiger partial charge in [-0.2, -0.15) is 5.26 Å². The lowest BCUT2D eigenvalue weighted by molar-refractivity contribution is 0.0696. The number of nitriles is 1. The van der Waals surface area contributed by atoms with Gasteiger partial charge in [0, 0.05) is 5.56 Å². The smallest absolute Gasteiger partial charge is 0.335 e. The van der Waals surface area contributed by atoms with Crippen molar-refractivity contribution in [2.24, 2.45) is 0 Å². The van der Waals surface area contributed by atoms with E-state index in [0.717, 1.165) is 0 Å². The monoisotopic (exact) mass is 175 g/mol. The summed E-state index contributed by atoms with van der Waals surface area (Å²) < 4.78 is 0. The number of benzene rings is 1. The zero-order valence-corrected chi connectivity index (χ0v) is 6.52. The molecule has 1 aromatic rings. The van der Waals surface area contributed by atoms with Gasteiger partial charge < -0.3 is 5.11 Å². The van der Waals surface area contributed by atoms with Crippen molar-refractivity contribution in [2.45, 2.75) is 0 Å². The summed E-state index contributed by atoms with van der Waals surface area (Å²) in [5, 5.41) is 17.1. The average Bonchev–Trinajstić information content (AvgIpc) is 2.16. The molecule has 0 atom stereocenters. The molecule has 4 nitrogen and oxygen atoms in total. The number of carbonyl (C=O) groups is 2. The minimum absolute atomic E-state index is 0.00199. The highest BCUT2D eigenvalue weighted by Crippen LogP contribution is 2.09. The van der Waals surface area contributed by atoms with E-state index in [2.05, 4.69) is 0 Å². The second kappa shape index (κ2) is 3.50. The molecular weight excluding hydrogens is 170 g/mol. The Hall–Kier alpha value is -2.15. The number of nitrogens with zero attached hydrogens (tertiary/aromatic N) is 1. The first kappa shape index (κ1) is 8.94. The fourth-order valence-corrected chi connectivity index (χ4v) is 0.889. The van der Waals surface area contributed by atoms with Crippen LogP contribution in [0.2, 0.25) is 0 Å². The van der Waals surface area contributed by atoms with Crippen molar-refractivity contribution in [3.8, 4) is 6.07 Å². The van der Waals surface area contributed by atoms with Crippen molar-refractivity contribution >= 4 is 12.3 Å². The van der Waals surface area contributed by atoms with Crippen LogP contribution in [-0.4, -0.2) is 17.4 Å². The van der Waals surface area contributed by atoms with E-state index in [9.17, 15) is 9.59 Å². The van der Waals surface area contributed by atoms with Gasteiger partial charge in [-0.15, -0.1) is 0 Å². The van der Waals surface area contributed by atoms with Gasteiger partial charge in [-0.3, -0.25) is 4.79 Å². The third-order valence-corrected chi connectivity index (χ3v) is 1.55. The summed E-state index contributed by atoms with van der Waals surface area (Å²) in [6.45, 7) is 0. The van der Waals surface area contributed by atoms with Gasteiger partial charge >= 0.3 is 5.97 Å². The molecule has 1 rings (SSSR count). The largest absolute Gasteiger partial charge is 0.478 e. The number of hydrogen-bond donors (Lipinski definition) is 1. The lowest BCUT2D eigenvalue weighted by Gasteiger charge is -1.96. The fraction of sp³-hybridized carbons (Fsp3) is 0. The molecule has 0 aliphatic carbocycles. The number of carboxylic acid groups (broad SMARTS) is 1. The van der Waals surface area contributed by atoms with Gasteiger partial charge in [0.1, 0.15) is 0 Å².